The van der Waals surface area contributed by atoms with Gasteiger partial charge in [-0.1, -0.05) is 19.4 Å². The maximum atomic E-state index is 15.0. The summed E-state index contributed by atoms with van der Waals surface area (Å²) >= 11 is 0. The van der Waals surface area contributed by atoms with Crippen molar-refractivity contribution in [2.75, 3.05) is 45.7 Å². The maximum Gasteiger partial charge on any atom is 0.325 e. The topological polar surface area (TPSA) is 77.9 Å². The SMILES string of the molecule is COc1c(F)cc(C2(C)CC2)cc1[C@@H](C(=O)O)N1CC[C@@H](N(C)CCCCCc2ccc3c(n2)NCCC3)C1. The number of likely N-dealkylation sites (tertiary alicyclic amines) is 1. The Morgan fingerprint density at radius 2 is 2.13 bits per heavy atom. The molecule has 1 saturated heterocycles. The van der Waals surface area contributed by atoms with Gasteiger partial charge in [0.1, 0.15) is 11.9 Å². The summed E-state index contributed by atoms with van der Waals surface area (Å²) in [6.45, 7) is 5.40. The molecule has 7 nitrogen and oxygen atoms in total. The lowest BCUT2D eigenvalue weighted by molar-refractivity contribution is -0.143. The number of hydrogen-bond donors (Lipinski definition) is 2. The number of carbonyl (C=O) groups is 1. The molecule has 1 aromatic heterocycles. The van der Waals surface area contributed by atoms with E-state index in [1.807, 2.05) is 11.0 Å². The molecule has 2 aromatic rings. The molecule has 1 aromatic carbocycles. The number of pyridine rings is 1. The van der Waals surface area contributed by atoms with E-state index in [-0.39, 0.29) is 17.2 Å². The Morgan fingerprint density at radius 1 is 1.31 bits per heavy atom. The number of benzene rings is 1. The number of aryl methyl sites for hydroxylation is 2. The molecule has 39 heavy (non-hydrogen) atoms. The summed E-state index contributed by atoms with van der Waals surface area (Å²) in [7, 11) is 3.55. The Bertz CT molecular complexity index is 1180. The Morgan fingerprint density at radius 3 is 2.87 bits per heavy atom. The van der Waals surface area contributed by atoms with Crippen molar-refractivity contribution >= 4 is 11.8 Å². The number of nitrogens with zero attached hydrogens (tertiary/aromatic N) is 3. The van der Waals surface area contributed by atoms with Crippen molar-refractivity contribution in [2.45, 2.75) is 82.2 Å². The number of nitrogens with one attached hydrogen (secondary N) is 1. The fourth-order valence-electron chi connectivity index (χ4n) is 6.24. The normalized spacial score (nSPS) is 20.9. The summed E-state index contributed by atoms with van der Waals surface area (Å²) < 4.78 is 20.4. The number of halogens is 1. The predicted molar refractivity (Wildman–Crippen MR) is 151 cm³/mol. The summed E-state index contributed by atoms with van der Waals surface area (Å²) in [5, 5.41) is 13.7. The van der Waals surface area contributed by atoms with Crippen LogP contribution in [0, 0.1) is 5.82 Å². The van der Waals surface area contributed by atoms with Gasteiger partial charge in [-0.2, -0.15) is 0 Å². The number of carboxylic acid groups (broad SMARTS) is 1. The minimum absolute atomic E-state index is 0.0522. The van der Waals surface area contributed by atoms with E-state index in [4.69, 9.17) is 9.72 Å². The quantitative estimate of drug-likeness (QED) is 0.361. The van der Waals surface area contributed by atoms with Crippen molar-refractivity contribution in [1.82, 2.24) is 14.8 Å². The first-order chi connectivity index (χ1) is 18.8. The highest BCUT2D eigenvalue weighted by Gasteiger charge is 2.42. The van der Waals surface area contributed by atoms with E-state index in [1.54, 1.807) is 0 Å². The number of anilines is 1. The molecule has 0 amide bonds. The molecule has 3 aliphatic rings. The first-order valence-corrected chi connectivity index (χ1v) is 14.6. The van der Waals surface area contributed by atoms with Gasteiger partial charge in [0.25, 0.3) is 0 Å². The van der Waals surface area contributed by atoms with Gasteiger partial charge in [0.05, 0.1) is 7.11 Å². The second-order valence-electron chi connectivity index (χ2n) is 12.0. The number of aromatic nitrogens is 1. The van der Waals surface area contributed by atoms with Crippen LogP contribution in [0.4, 0.5) is 10.2 Å². The predicted octanol–water partition coefficient (Wildman–Crippen LogP) is 5.18. The van der Waals surface area contributed by atoms with Crippen LogP contribution in [0.1, 0.15) is 80.3 Å². The van der Waals surface area contributed by atoms with E-state index in [2.05, 4.69) is 36.3 Å². The van der Waals surface area contributed by atoms with Crippen molar-refractivity contribution in [1.29, 1.82) is 0 Å². The zero-order valence-corrected chi connectivity index (χ0v) is 23.6. The second-order valence-corrected chi connectivity index (χ2v) is 12.0. The molecule has 1 saturated carbocycles. The lowest BCUT2D eigenvalue weighted by Gasteiger charge is -2.29. The number of unbranched alkanes of at least 4 members (excludes halogenated alkanes) is 2. The van der Waals surface area contributed by atoms with Crippen LogP contribution in [-0.2, 0) is 23.1 Å². The van der Waals surface area contributed by atoms with Crippen molar-refractivity contribution in [3.63, 3.8) is 0 Å². The van der Waals surface area contributed by atoms with Crippen LogP contribution in [0.25, 0.3) is 0 Å². The van der Waals surface area contributed by atoms with Gasteiger partial charge in [-0.25, -0.2) is 9.37 Å². The van der Waals surface area contributed by atoms with Crippen LogP contribution >= 0.6 is 0 Å². The number of hydrogen-bond acceptors (Lipinski definition) is 6. The summed E-state index contributed by atoms with van der Waals surface area (Å²) in [6.07, 6.45) is 9.51. The smallest absolute Gasteiger partial charge is 0.325 e. The zero-order valence-electron chi connectivity index (χ0n) is 23.6. The van der Waals surface area contributed by atoms with Gasteiger partial charge >= 0.3 is 5.97 Å². The van der Waals surface area contributed by atoms with Crippen molar-refractivity contribution in [3.05, 3.63) is 52.5 Å². The van der Waals surface area contributed by atoms with Gasteiger partial charge in [-0.15, -0.1) is 0 Å². The molecule has 2 fully saturated rings. The Hall–Kier alpha value is -2.71. The van der Waals surface area contributed by atoms with E-state index in [0.29, 0.717) is 18.7 Å². The van der Waals surface area contributed by atoms with Crippen LogP contribution in [0.2, 0.25) is 0 Å². The molecular weight excluding hydrogens is 495 g/mol. The molecule has 212 valence electrons. The van der Waals surface area contributed by atoms with E-state index >= 15 is 4.39 Å². The Labute approximate surface area is 231 Å². The van der Waals surface area contributed by atoms with E-state index < -0.39 is 17.8 Å². The third-order valence-corrected chi connectivity index (χ3v) is 9.08. The van der Waals surface area contributed by atoms with Crippen LogP contribution in [0.15, 0.2) is 24.3 Å². The number of carboxylic acids is 1. The second kappa shape index (κ2) is 11.8. The van der Waals surface area contributed by atoms with Gasteiger partial charge in [-0.3, -0.25) is 9.69 Å². The molecule has 8 heteroatoms. The monoisotopic (exact) mass is 538 g/mol. The first-order valence-electron chi connectivity index (χ1n) is 14.6. The minimum atomic E-state index is -0.958. The molecule has 0 radical (unpaired) electrons. The average Bonchev–Trinajstić information content (AvgIpc) is 3.49. The maximum absolute atomic E-state index is 15.0. The Kier molecular flexibility index (Phi) is 8.43. The van der Waals surface area contributed by atoms with Gasteiger partial charge in [-0.05, 0) is 99.7 Å². The summed E-state index contributed by atoms with van der Waals surface area (Å²) in [6, 6.07) is 7.14. The van der Waals surface area contributed by atoms with E-state index in [0.717, 1.165) is 81.5 Å². The third-order valence-electron chi connectivity index (χ3n) is 9.08. The average molecular weight is 539 g/mol. The van der Waals surface area contributed by atoms with Gasteiger partial charge < -0.3 is 20.1 Å². The molecule has 1 aliphatic carbocycles. The first kappa shape index (κ1) is 27.8. The lowest BCUT2D eigenvalue weighted by Crippen LogP contribution is -2.38. The number of fused-ring (bicyclic) bond motifs is 1. The van der Waals surface area contributed by atoms with Gasteiger partial charge in [0, 0.05) is 36.9 Å². The van der Waals surface area contributed by atoms with Crippen molar-refractivity contribution < 1.29 is 19.0 Å². The van der Waals surface area contributed by atoms with E-state index in [1.165, 1.54) is 25.2 Å². The molecule has 2 aliphatic heterocycles. The Balaban J connectivity index is 1.14. The summed E-state index contributed by atoms with van der Waals surface area (Å²) in [4.78, 5) is 21.7. The molecular formula is C31H43FN4O3. The molecule has 0 unspecified atom stereocenters. The lowest BCUT2D eigenvalue weighted by atomic mass is 9.92. The fraction of sp³-hybridized carbons (Fsp3) is 0.613. The molecule has 2 atom stereocenters. The van der Waals surface area contributed by atoms with Crippen LogP contribution in [0.5, 0.6) is 5.75 Å². The number of likely N-dealkylation sites (N-methyl/N-ethyl adjacent to an activating group) is 1. The highest BCUT2D eigenvalue weighted by Crippen LogP contribution is 2.49. The zero-order chi connectivity index (χ0) is 27.6. The molecule has 0 spiro atoms. The molecule has 2 N–H and O–H groups in total. The largest absolute Gasteiger partial charge is 0.493 e. The third kappa shape index (κ3) is 6.22. The minimum Gasteiger partial charge on any atom is -0.493 e. The van der Waals surface area contributed by atoms with Crippen LogP contribution in [-0.4, -0.2) is 72.2 Å². The highest BCUT2D eigenvalue weighted by atomic mass is 19.1. The number of rotatable bonds is 12. The molecule has 3 heterocycles. The number of ether oxygens (including phenoxy) is 1. The van der Waals surface area contributed by atoms with Gasteiger partial charge in [0.15, 0.2) is 11.6 Å². The number of aliphatic carboxylic acids is 1. The summed E-state index contributed by atoms with van der Waals surface area (Å²) in [5.41, 5.74) is 3.73. The number of methoxy groups -OCH3 is 1. The van der Waals surface area contributed by atoms with Gasteiger partial charge in [0.2, 0.25) is 0 Å². The summed E-state index contributed by atoms with van der Waals surface area (Å²) in [5.74, 6) is -0.312. The van der Waals surface area contributed by atoms with Crippen molar-refractivity contribution in [3.8, 4) is 5.75 Å². The highest BCUT2D eigenvalue weighted by molar-refractivity contribution is 5.77. The molecule has 0 bridgehead atoms. The standard InChI is InChI=1S/C31H43FN4O3/c1-31(13-14-31)22-18-25(28(39-3)26(32)19-22)27(30(37)38)36-17-12-24(20-36)35(2)16-6-4-5-9-23-11-10-21-8-7-15-33-29(21)34-23/h10-11,18-19,24,27H,4-9,12-17,20H2,1-3H3,(H,33,34)(H,37,38)/t24-,27+/m1/s1. The van der Waals surface area contributed by atoms with E-state index in [9.17, 15) is 9.90 Å². The van der Waals surface area contributed by atoms with Crippen molar-refractivity contribution in [2.24, 2.45) is 0 Å². The van der Waals surface area contributed by atoms with Crippen LogP contribution in [0.3, 0.4) is 0 Å². The fourth-order valence-corrected chi connectivity index (χ4v) is 6.24. The molecule has 5 rings (SSSR count). The van der Waals surface area contributed by atoms with Crippen LogP contribution < -0.4 is 10.1 Å².